The maximum absolute atomic E-state index is 12.8. The molecule has 4 heteroatoms. The number of rotatable bonds is 4. The van der Waals surface area contributed by atoms with Crippen LogP contribution in [0.1, 0.15) is 29.8 Å². The lowest BCUT2D eigenvalue weighted by Gasteiger charge is -2.14. The molecule has 0 amide bonds. The fraction of sp³-hybridized carbons (Fsp3) is 0.286. The van der Waals surface area contributed by atoms with E-state index in [-0.39, 0.29) is 11.9 Å². The zero-order chi connectivity index (χ0) is 13.0. The Bertz CT molecular complexity index is 511. The summed E-state index contributed by atoms with van der Waals surface area (Å²) in [6.45, 7) is 4.78. The zero-order valence-electron chi connectivity index (χ0n) is 10.5. The van der Waals surface area contributed by atoms with E-state index in [2.05, 4.69) is 22.2 Å². The highest BCUT2D eigenvalue weighted by molar-refractivity contribution is 5.21. The number of halogens is 1. The van der Waals surface area contributed by atoms with Gasteiger partial charge in [-0.25, -0.2) is 4.39 Å². The van der Waals surface area contributed by atoms with Crippen molar-refractivity contribution in [3.8, 4) is 0 Å². The average molecular weight is 245 g/mol. The van der Waals surface area contributed by atoms with Gasteiger partial charge in [0, 0.05) is 25.0 Å². The van der Waals surface area contributed by atoms with E-state index in [1.807, 2.05) is 19.2 Å². The van der Waals surface area contributed by atoms with Gasteiger partial charge in [-0.2, -0.15) is 0 Å². The van der Waals surface area contributed by atoms with Crippen molar-refractivity contribution in [2.24, 2.45) is 0 Å². The van der Waals surface area contributed by atoms with Gasteiger partial charge < -0.3 is 5.32 Å². The van der Waals surface area contributed by atoms with Crippen LogP contribution < -0.4 is 5.32 Å². The number of hydrogen-bond donors (Lipinski definition) is 1. The number of hydrogen-bond acceptors (Lipinski definition) is 3. The molecule has 0 aliphatic carbocycles. The summed E-state index contributed by atoms with van der Waals surface area (Å²) >= 11 is 0. The van der Waals surface area contributed by atoms with Gasteiger partial charge in [0.1, 0.15) is 5.82 Å². The van der Waals surface area contributed by atoms with Crippen molar-refractivity contribution < 1.29 is 4.39 Å². The Morgan fingerprint density at radius 1 is 1.28 bits per heavy atom. The van der Waals surface area contributed by atoms with Crippen molar-refractivity contribution in [1.82, 2.24) is 15.3 Å². The minimum atomic E-state index is -0.311. The van der Waals surface area contributed by atoms with E-state index in [9.17, 15) is 4.39 Å². The highest BCUT2D eigenvalue weighted by Crippen LogP contribution is 2.11. The van der Waals surface area contributed by atoms with Crippen molar-refractivity contribution in [1.29, 1.82) is 0 Å². The van der Waals surface area contributed by atoms with Crippen LogP contribution in [0.3, 0.4) is 0 Å². The molecule has 0 aromatic carbocycles. The number of aromatic nitrogens is 2. The van der Waals surface area contributed by atoms with E-state index in [1.165, 1.54) is 17.8 Å². The molecule has 1 unspecified atom stereocenters. The smallest absolute Gasteiger partial charge is 0.141 e. The van der Waals surface area contributed by atoms with E-state index in [4.69, 9.17) is 0 Å². The molecule has 0 aliphatic heterocycles. The average Bonchev–Trinajstić information content (AvgIpc) is 2.38. The van der Waals surface area contributed by atoms with Crippen LogP contribution in [0.25, 0.3) is 0 Å². The van der Waals surface area contributed by atoms with Crippen LogP contribution in [0.15, 0.2) is 36.8 Å². The summed E-state index contributed by atoms with van der Waals surface area (Å²) in [5.74, 6) is -0.311. The lowest BCUT2D eigenvalue weighted by molar-refractivity contribution is 0.553. The summed E-state index contributed by atoms with van der Waals surface area (Å²) in [7, 11) is 0. The van der Waals surface area contributed by atoms with Gasteiger partial charge in [-0.1, -0.05) is 0 Å². The second-order valence-electron chi connectivity index (χ2n) is 4.31. The molecule has 2 aromatic rings. The molecule has 2 rings (SSSR count). The van der Waals surface area contributed by atoms with Crippen LogP contribution >= 0.6 is 0 Å². The molecule has 0 radical (unpaired) electrons. The Morgan fingerprint density at radius 2 is 2.11 bits per heavy atom. The first-order chi connectivity index (χ1) is 8.66. The lowest BCUT2D eigenvalue weighted by Crippen LogP contribution is -2.19. The first kappa shape index (κ1) is 12.6. The predicted octanol–water partition coefficient (Wildman–Crippen LogP) is 2.77. The van der Waals surface area contributed by atoms with Gasteiger partial charge in [0.2, 0.25) is 0 Å². The highest BCUT2D eigenvalue weighted by Gasteiger charge is 2.07. The quantitative estimate of drug-likeness (QED) is 0.900. The van der Waals surface area contributed by atoms with Crippen molar-refractivity contribution in [2.45, 2.75) is 26.4 Å². The van der Waals surface area contributed by atoms with E-state index in [0.717, 1.165) is 17.8 Å². The summed E-state index contributed by atoms with van der Waals surface area (Å²) in [6.07, 6.45) is 4.87. The van der Waals surface area contributed by atoms with E-state index in [1.54, 1.807) is 12.3 Å². The second kappa shape index (κ2) is 5.69. The minimum Gasteiger partial charge on any atom is -0.305 e. The van der Waals surface area contributed by atoms with Gasteiger partial charge in [0.15, 0.2) is 0 Å². The van der Waals surface area contributed by atoms with Gasteiger partial charge in [-0.05, 0) is 43.2 Å². The summed E-state index contributed by atoms with van der Waals surface area (Å²) in [4.78, 5) is 8.16. The topological polar surface area (TPSA) is 37.8 Å². The lowest BCUT2D eigenvalue weighted by atomic mass is 10.1. The molecule has 18 heavy (non-hydrogen) atoms. The SMILES string of the molecule is Cc1ccncc1CNC(C)c1ccc(F)cn1. The normalized spacial score (nSPS) is 12.4. The van der Waals surface area contributed by atoms with Crippen molar-refractivity contribution in [3.05, 3.63) is 59.4 Å². The third kappa shape index (κ3) is 3.11. The molecular formula is C14H16FN3. The third-order valence-electron chi connectivity index (χ3n) is 2.94. The number of nitrogens with one attached hydrogen (secondary N) is 1. The Kier molecular flexibility index (Phi) is 3.99. The van der Waals surface area contributed by atoms with Crippen molar-refractivity contribution in [3.63, 3.8) is 0 Å². The van der Waals surface area contributed by atoms with Crippen LogP contribution in [0, 0.1) is 12.7 Å². The summed E-state index contributed by atoms with van der Waals surface area (Å²) in [5.41, 5.74) is 3.20. The van der Waals surface area contributed by atoms with Crippen molar-refractivity contribution >= 4 is 0 Å². The molecule has 2 aromatic heterocycles. The van der Waals surface area contributed by atoms with Crippen LogP contribution in [0.2, 0.25) is 0 Å². The van der Waals surface area contributed by atoms with E-state index in [0.29, 0.717) is 0 Å². The number of nitrogens with zero attached hydrogens (tertiary/aromatic N) is 2. The Labute approximate surface area is 106 Å². The first-order valence-corrected chi connectivity index (χ1v) is 5.91. The first-order valence-electron chi connectivity index (χ1n) is 5.91. The second-order valence-corrected chi connectivity index (χ2v) is 4.31. The molecule has 0 aliphatic rings. The van der Waals surface area contributed by atoms with Gasteiger partial charge in [0.05, 0.1) is 11.9 Å². The summed E-state index contributed by atoms with van der Waals surface area (Å²) in [6, 6.07) is 5.18. The molecule has 0 saturated carbocycles. The van der Waals surface area contributed by atoms with Crippen LogP contribution in [-0.2, 0) is 6.54 Å². The molecule has 94 valence electrons. The maximum atomic E-state index is 12.8. The molecular weight excluding hydrogens is 229 g/mol. The molecule has 0 bridgehead atoms. The standard InChI is InChI=1S/C14H16FN3/c1-10-5-6-16-7-12(10)8-17-11(2)14-4-3-13(15)9-18-14/h3-7,9,11,17H,8H2,1-2H3. The monoisotopic (exact) mass is 245 g/mol. The summed E-state index contributed by atoms with van der Waals surface area (Å²) in [5, 5.41) is 3.35. The van der Waals surface area contributed by atoms with Gasteiger partial charge in [-0.3, -0.25) is 9.97 Å². The maximum Gasteiger partial charge on any atom is 0.141 e. The Morgan fingerprint density at radius 3 is 2.78 bits per heavy atom. The van der Waals surface area contributed by atoms with Crippen LogP contribution in [0.4, 0.5) is 4.39 Å². The summed E-state index contributed by atoms with van der Waals surface area (Å²) < 4.78 is 12.8. The van der Waals surface area contributed by atoms with Gasteiger partial charge >= 0.3 is 0 Å². The molecule has 0 spiro atoms. The molecule has 0 fully saturated rings. The molecule has 1 atom stereocenters. The largest absolute Gasteiger partial charge is 0.305 e. The Balaban J connectivity index is 1.98. The minimum absolute atomic E-state index is 0.0743. The molecule has 0 saturated heterocycles. The number of aryl methyl sites for hydroxylation is 1. The van der Waals surface area contributed by atoms with Crippen LogP contribution in [0.5, 0.6) is 0 Å². The molecule has 3 nitrogen and oxygen atoms in total. The Hall–Kier alpha value is -1.81. The third-order valence-corrected chi connectivity index (χ3v) is 2.94. The fourth-order valence-electron chi connectivity index (χ4n) is 1.69. The van der Waals surface area contributed by atoms with E-state index >= 15 is 0 Å². The predicted molar refractivity (Wildman–Crippen MR) is 68.4 cm³/mol. The highest BCUT2D eigenvalue weighted by atomic mass is 19.1. The van der Waals surface area contributed by atoms with Crippen molar-refractivity contribution in [2.75, 3.05) is 0 Å². The van der Waals surface area contributed by atoms with Gasteiger partial charge in [0.25, 0.3) is 0 Å². The molecule has 2 heterocycles. The fourth-order valence-corrected chi connectivity index (χ4v) is 1.69. The van der Waals surface area contributed by atoms with Crippen LogP contribution in [-0.4, -0.2) is 9.97 Å². The molecule has 1 N–H and O–H groups in total. The number of pyridine rings is 2. The van der Waals surface area contributed by atoms with E-state index < -0.39 is 0 Å². The van der Waals surface area contributed by atoms with Gasteiger partial charge in [-0.15, -0.1) is 0 Å². The zero-order valence-corrected chi connectivity index (χ0v) is 10.5.